The summed E-state index contributed by atoms with van der Waals surface area (Å²) in [7, 11) is 1.82. The van der Waals surface area contributed by atoms with Gasteiger partial charge in [0.15, 0.2) is 0 Å². The van der Waals surface area contributed by atoms with E-state index in [9.17, 15) is 9.59 Å². The van der Waals surface area contributed by atoms with Crippen LogP contribution < -0.4 is 0 Å². The molecule has 0 aliphatic carbocycles. The minimum absolute atomic E-state index is 0.0118. The first-order chi connectivity index (χ1) is 13.3. The number of fused-ring (bicyclic) bond motifs is 1. The molecule has 2 aliphatic rings. The lowest BCUT2D eigenvalue weighted by Crippen LogP contribution is -2.50. The van der Waals surface area contributed by atoms with E-state index in [1.807, 2.05) is 60.8 Å². The van der Waals surface area contributed by atoms with Gasteiger partial charge in [-0.05, 0) is 39.3 Å². The van der Waals surface area contributed by atoms with Crippen molar-refractivity contribution in [1.82, 2.24) is 19.6 Å². The zero-order valence-electron chi connectivity index (χ0n) is 16.8. The van der Waals surface area contributed by atoms with Crippen LogP contribution in [0.4, 0.5) is 0 Å². The van der Waals surface area contributed by atoms with Crippen molar-refractivity contribution in [3.8, 4) is 5.69 Å². The van der Waals surface area contributed by atoms with Crippen molar-refractivity contribution < 1.29 is 9.59 Å². The van der Waals surface area contributed by atoms with Gasteiger partial charge < -0.3 is 9.80 Å². The molecule has 2 aliphatic heterocycles. The predicted molar refractivity (Wildman–Crippen MR) is 110 cm³/mol. The van der Waals surface area contributed by atoms with E-state index < -0.39 is 0 Å². The van der Waals surface area contributed by atoms with E-state index in [1.54, 1.807) is 16.7 Å². The van der Waals surface area contributed by atoms with Crippen LogP contribution in [-0.2, 0) is 16.1 Å². The summed E-state index contributed by atoms with van der Waals surface area (Å²) < 4.78 is 1.93. The van der Waals surface area contributed by atoms with Gasteiger partial charge in [0.2, 0.25) is 11.8 Å². The van der Waals surface area contributed by atoms with Crippen molar-refractivity contribution in [3.05, 3.63) is 47.3 Å². The third kappa shape index (κ3) is 3.02. The highest BCUT2D eigenvalue weighted by Gasteiger charge is 2.53. The summed E-state index contributed by atoms with van der Waals surface area (Å²) in [6.45, 7) is 6.58. The molecule has 2 amide bonds. The zero-order valence-corrected chi connectivity index (χ0v) is 17.6. The SMILES string of the molecule is Cc1nn(-c2ccccc2)c(C)c1CN(C)C(=O)C1CSC2(C)CCC(=O)N12. The van der Waals surface area contributed by atoms with Crippen LogP contribution in [0.3, 0.4) is 0 Å². The van der Waals surface area contributed by atoms with E-state index in [4.69, 9.17) is 0 Å². The van der Waals surface area contributed by atoms with E-state index >= 15 is 0 Å². The normalized spacial score (nSPS) is 23.9. The van der Waals surface area contributed by atoms with Gasteiger partial charge in [-0.15, -0.1) is 11.8 Å². The number of aromatic nitrogens is 2. The molecule has 1 aromatic carbocycles. The lowest BCUT2D eigenvalue weighted by Gasteiger charge is -2.32. The summed E-state index contributed by atoms with van der Waals surface area (Å²) in [5.41, 5.74) is 4.02. The highest BCUT2D eigenvalue weighted by Crippen LogP contribution is 2.47. The van der Waals surface area contributed by atoms with Gasteiger partial charge >= 0.3 is 0 Å². The van der Waals surface area contributed by atoms with Gasteiger partial charge in [0, 0.05) is 37.0 Å². The van der Waals surface area contributed by atoms with E-state index in [-0.39, 0.29) is 22.7 Å². The van der Waals surface area contributed by atoms with Gasteiger partial charge in [0.05, 0.1) is 16.3 Å². The van der Waals surface area contributed by atoms with E-state index in [0.29, 0.717) is 18.7 Å². The second kappa shape index (κ2) is 6.95. The number of nitrogens with zero attached hydrogens (tertiary/aromatic N) is 4. The van der Waals surface area contributed by atoms with Gasteiger partial charge in [-0.1, -0.05) is 18.2 Å². The average Bonchev–Trinajstić information content (AvgIpc) is 3.28. The number of thioether (sulfide) groups is 1. The molecule has 6 nitrogen and oxygen atoms in total. The van der Waals surface area contributed by atoms with Gasteiger partial charge in [-0.2, -0.15) is 5.10 Å². The fourth-order valence-electron chi connectivity index (χ4n) is 4.30. The molecule has 0 saturated carbocycles. The summed E-state index contributed by atoms with van der Waals surface area (Å²) in [5.74, 6) is 0.786. The second-order valence-electron chi connectivity index (χ2n) is 7.86. The number of likely N-dealkylation sites (N-methyl/N-ethyl adjacent to an activating group) is 1. The summed E-state index contributed by atoms with van der Waals surface area (Å²) in [6, 6.07) is 9.64. The van der Waals surface area contributed by atoms with Gasteiger partial charge in [0.1, 0.15) is 6.04 Å². The Kier molecular flexibility index (Phi) is 4.73. The molecule has 2 saturated heterocycles. The number of aryl methyl sites for hydroxylation is 1. The Hall–Kier alpha value is -2.28. The first kappa shape index (κ1) is 19.1. The molecule has 4 rings (SSSR count). The summed E-state index contributed by atoms with van der Waals surface area (Å²) in [6.07, 6.45) is 1.37. The Morgan fingerprint density at radius 1 is 1.32 bits per heavy atom. The number of hydrogen-bond acceptors (Lipinski definition) is 4. The Bertz CT molecular complexity index is 926. The Morgan fingerprint density at radius 2 is 2.04 bits per heavy atom. The molecule has 28 heavy (non-hydrogen) atoms. The number of amides is 2. The Balaban J connectivity index is 1.54. The van der Waals surface area contributed by atoms with Crippen molar-refractivity contribution in [2.45, 2.75) is 51.1 Å². The summed E-state index contributed by atoms with van der Waals surface area (Å²) in [5, 5.41) is 4.68. The average molecular weight is 399 g/mol. The number of benzene rings is 1. The van der Waals surface area contributed by atoms with Gasteiger partial charge in [-0.3, -0.25) is 9.59 Å². The van der Waals surface area contributed by atoms with Crippen LogP contribution in [-0.4, -0.2) is 55.1 Å². The third-order valence-electron chi connectivity index (χ3n) is 5.94. The molecule has 0 bridgehead atoms. The van der Waals surface area contributed by atoms with Gasteiger partial charge in [-0.25, -0.2) is 4.68 Å². The smallest absolute Gasteiger partial charge is 0.246 e. The highest BCUT2D eigenvalue weighted by molar-refractivity contribution is 8.01. The molecular formula is C21H26N4O2S. The molecule has 2 atom stereocenters. The molecule has 2 aromatic rings. The van der Waals surface area contributed by atoms with Crippen LogP contribution in [0.1, 0.15) is 36.7 Å². The molecule has 0 spiro atoms. The highest BCUT2D eigenvalue weighted by atomic mass is 32.2. The molecule has 0 N–H and O–H groups in total. The lowest BCUT2D eigenvalue weighted by atomic mass is 10.1. The third-order valence-corrected chi connectivity index (χ3v) is 7.45. The van der Waals surface area contributed by atoms with Crippen molar-refractivity contribution in [2.24, 2.45) is 0 Å². The number of para-hydroxylation sites is 1. The minimum atomic E-state index is -0.361. The van der Waals surface area contributed by atoms with Crippen molar-refractivity contribution >= 4 is 23.6 Å². The molecule has 3 heterocycles. The number of hydrogen-bond donors (Lipinski definition) is 0. The lowest BCUT2D eigenvalue weighted by molar-refractivity contribution is -0.143. The van der Waals surface area contributed by atoms with Crippen molar-refractivity contribution in [3.63, 3.8) is 0 Å². The van der Waals surface area contributed by atoms with Crippen LogP contribution in [0, 0.1) is 13.8 Å². The number of rotatable bonds is 4. The first-order valence-electron chi connectivity index (χ1n) is 9.63. The maximum Gasteiger partial charge on any atom is 0.246 e. The Morgan fingerprint density at radius 3 is 2.75 bits per heavy atom. The number of carbonyl (C=O) groups is 2. The number of carbonyl (C=O) groups excluding carboxylic acids is 2. The molecule has 2 unspecified atom stereocenters. The van der Waals surface area contributed by atoms with Crippen LogP contribution in [0.15, 0.2) is 30.3 Å². The summed E-state index contributed by atoms with van der Waals surface area (Å²) >= 11 is 1.73. The maximum atomic E-state index is 13.2. The molecule has 2 fully saturated rings. The van der Waals surface area contributed by atoms with Crippen LogP contribution in [0.2, 0.25) is 0 Å². The van der Waals surface area contributed by atoms with Crippen LogP contribution >= 0.6 is 11.8 Å². The monoisotopic (exact) mass is 398 g/mol. The minimum Gasteiger partial charge on any atom is -0.339 e. The molecular weight excluding hydrogens is 372 g/mol. The fraction of sp³-hybridized carbons (Fsp3) is 0.476. The molecule has 148 valence electrons. The second-order valence-corrected chi connectivity index (χ2v) is 9.36. The predicted octanol–water partition coefficient (Wildman–Crippen LogP) is 2.90. The van der Waals surface area contributed by atoms with E-state index in [2.05, 4.69) is 12.0 Å². The fourth-order valence-corrected chi connectivity index (χ4v) is 5.72. The maximum absolute atomic E-state index is 13.2. The van der Waals surface area contributed by atoms with Gasteiger partial charge in [0.25, 0.3) is 0 Å². The molecule has 7 heteroatoms. The summed E-state index contributed by atoms with van der Waals surface area (Å²) in [4.78, 5) is 28.9. The van der Waals surface area contributed by atoms with E-state index in [1.165, 1.54) is 0 Å². The largest absolute Gasteiger partial charge is 0.339 e. The quantitative estimate of drug-likeness (QED) is 0.795. The van der Waals surface area contributed by atoms with Crippen LogP contribution in [0.25, 0.3) is 5.69 Å². The molecule has 0 radical (unpaired) electrons. The zero-order chi connectivity index (χ0) is 20.1. The van der Waals surface area contributed by atoms with Crippen molar-refractivity contribution in [1.29, 1.82) is 0 Å². The Labute approximate surface area is 169 Å². The van der Waals surface area contributed by atoms with Crippen LogP contribution in [0.5, 0.6) is 0 Å². The topological polar surface area (TPSA) is 58.4 Å². The first-order valence-corrected chi connectivity index (χ1v) is 10.6. The van der Waals surface area contributed by atoms with E-state index in [0.717, 1.165) is 29.1 Å². The van der Waals surface area contributed by atoms with Crippen molar-refractivity contribution in [2.75, 3.05) is 12.8 Å². The standard InChI is InChI=1S/C21H26N4O2S/c1-14-17(15(2)25(22-14)16-8-6-5-7-9-16)12-23(4)20(27)18-13-28-21(3)11-10-19(26)24(18)21/h5-9,18H,10-13H2,1-4H3. The molecule has 1 aromatic heterocycles.